The van der Waals surface area contributed by atoms with Crippen LogP contribution in [0.2, 0.25) is 0 Å². The number of amides is 2. The van der Waals surface area contributed by atoms with Crippen molar-refractivity contribution in [2.75, 3.05) is 39.3 Å². The van der Waals surface area contributed by atoms with Gasteiger partial charge in [0.1, 0.15) is 0 Å². The van der Waals surface area contributed by atoms with Gasteiger partial charge in [-0.05, 0) is 36.6 Å². The molecule has 6 heteroatoms. The first-order chi connectivity index (χ1) is 12.6. The molecule has 2 amide bonds. The average Bonchev–Trinajstić information content (AvgIpc) is 3.18. The lowest BCUT2D eigenvalue weighted by Gasteiger charge is -2.33. The molecule has 1 fully saturated rings. The predicted molar refractivity (Wildman–Crippen MR) is 98.9 cm³/mol. The normalized spacial score (nSPS) is 15.0. The summed E-state index contributed by atoms with van der Waals surface area (Å²) in [7, 11) is 0. The molecule has 0 atom stereocenters. The standard InChI is InChI=1S/C20H25N3O3/c1-16-5-2-3-6-17(16)8-9-21-19(24)15-22-10-12-23(13-11-22)20(25)18-7-4-14-26-18/h2-7,14H,8-13,15H2,1H3,(H,21,24). The second-order valence-corrected chi connectivity index (χ2v) is 6.57. The summed E-state index contributed by atoms with van der Waals surface area (Å²) in [6, 6.07) is 11.6. The number of nitrogens with zero attached hydrogens (tertiary/aromatic N) is 2. The van der Waals surface area contributed by atoms with Gasteiger partial charge in [0.2, 0.25) is 5.91 Å². The molecule has 2 aromatic rings. The highest BCUT2D eigenvalue weighted by molar-refractivity contribution is 5.91. The van der Waals surface area contributed by atoms with Crippen molar-refractivity contribution in [3.63, 3.8) is 0 Å². The molecular formula is C20H25N3O3. The first-order valence-electron chi connectivity index (χ1n) is 9.00. The van der Waals surface area contributed by atoms with Crippen molar-refractivity contribution in [3.8, 4) is 0 Å². The van der Waals surface area contributed by atoms with E-state index < -0.39 is 0 Å². The topological polar surface area (TPSA) is 65.8 Å². The van der Waals surface area contributed by atoms with Gasteiger partial charge in [0.25, 0.3) is 5.91 Å². The third kappa shape index (κ3) is 4.73. The quantitative estimate of drug-likeness (QED) is 0.857. The van der Waals surface area contributed by atoms with Gasteiger partial charge in [-0.1, -0.05) is 24.3 Å². The van der Waals surface area contributed by atoms with Crippen LogP contribution >= 0.6 is 0 Å². The number of hydrogen-bond acceptors (Lipinski definition) is 4. The lowest BCUT2D eigenvalue weighted by Crippen LogP contribution is -2.51. The van der Waals surface area contributed by atoms with Gasteiger partial charge in [-0.3, -0.25) is 14.5 Å². The molecule has 0 aliphatic carbocycles. The zero-order valence-corrected chi connectivity index (χ0v) is 15.1. The molecule has 138 valence electrons. The largest absolute Gasteiger partial charge is 0.459 e. The molecule has 0 unspecified atom stereocenters. The first-order valence-corrected chi connectivity index (χ1v) is 9.00. The monoisotopic (exact) mass is 355 g/mol. The minimum absolute atomic E-state index is 0.0318. The number of carbonyl (C=O) groups excluding carboxylic acids is 2. The summed E-state index contributed by atoms with van der Waals surface area (Å²) in [6.07, 6.45) is 2.34. The summed E-state index contributed by atoms with van der Waals surface area (Å²) in [5.41, 5.74) is 2.51. The molecular weight excluding hydrogens is 330 g/mol. The van der Waals surface area contributed by atoms with E-state index in [0.29, 0.717) is 45.0 Å². The molecule has 26 heavy (non-hydrogen) atoms. The highest BCUT2D eigenvalue weighted by Crippen LogP contribution is 2.09. The zero-order valence-electron chi connectivity index (χ0n) is 15.1. The fourth-order valence-electron chi connectivity index (χ4n) is 3.15. The van der Waals surface area contributed by atoms with Gasteiger partial charge in [0.15, 0.2) is 5.76 Å². The molecule has 0 radical (unpaired) electrons. The highest BCUT2D eigenvalue weighted by Gasteiger charge is 2.24. The molecule has 0 saturated carbocycles. The number of benzene rings is 1. The Bertz CT molecular complexity index is 735. The Morgan fingerprint density at radius 1 is 1.08 bits per heavy atom. The predicted octanol–water partition coefficient (Wildman–Crippen LogP) is 1.70. The molecule has 0 bridgehead atoms. The van der Waals surface area contributed by atoms with Gasteiger partial charge in [0, 0.05) is 32.7 Å². The van der Waals surface area contributed by atoms with E-state index in [1.807, 2.05) is 12.1 Å². The molecule has 6 nitrogen and oxygen atoms in total. The number of piperazine rings is 1. The Morgan fingerprint density at radius 2 is 1.85 bits per heavy atom. The van der Waals surface area contributed by atoms with Gasteiger partial charge >= 0.3 is 0 Å². The number of carbonyl (C=O) groups is 2. The van der Waals surface area contributed by atoms with Crippen LogP contribution in [0.5, 0.6) is 0 Å². The fourth-order valence-corrected chi connectivity index (χ4v) is 3.15. The van der Waals surface area contributed by atoms with Crippen molar-refractivity contribution in [3.05, 3.63) is 59.5 Å². The average molecular weight is 355 g/mol. The lowest BCUT2D eigenvalue weighted by molar-refractivity contribution is -0.122. The second-order valence-electron chi connectivity index (χ2n) is 6.57. The maximum Gasteiger partial charge on any atom is 0.289 e. The maximum absolute atomic E-state index is 12.2. The Labute approximate surface area is 153 Å². The fraction of sp³-hybridized carbons (Fsp3) is 0.400. The molecule has 1 aromatic heterocycles. The van der Waals surface area contributed by atoms with E-state index in [9.17, 15) is 9.59 Å². The van der Waals surface area contributed by atoms with E-state index in [4.69, 9.17) is 4.42 Å². The van der Waals surface area contributed by atoms with E-state index in [2.05, 4.69) is 29.3 Å². The van der Waals surface area contributed by atoms with Crippen LogP contribution in [0.3, 0.4) is 0 Å². The Balaban J connectivity index is 1.37. The van der Waals surface area contributed by atoms with Gasteiger partial charge in [-0.15, -0.1) is 0 Å². The van der Waals surface area contributed by atoms with E-state index in [0.717, 1.165) is 6.42 Å². The second kappa shape index (κ2) is 8.67. The van der Waals surface area contributed by atoms with Crippen LogP contribution in [0.4, 0.5) is 0 Å². The summed E-state index contributed by atoms with van der Waals surface area (Å²) >= 11 is 0. The van der Waals surface area contributed by atoms with Crippen LogP contribution in [0.1, 0.15) is 21.7 Å². The SMILES string of the molecule is Cc1ccccc1CCNC(=O)CN1CCN(C(=O)c2ccco2)CC1. The van der Waals surface area contributed by atoms with Crippen molar-refractivity contribution in [1.29, 1.82) is 0 Å². The van der Waals surface area contributed by atoms with Crippen molar-refractivity contribution < 1.29 is 14.0 Å². The highest BCUT2D eigenvalue weighted by atomic mass is 16.3. The van der Waals surface area contributed by atoms with Crippen LogP contribution in [-0.4, -0.2) is 60.9 Å². The van der Waals surface area contributed by atoms with Crippen molar-refractivity contribution in [2.24, 2.45) is 0 Å². The molecule has 3 rings (SSSR count). The van der Waals surface area contributed by atoms with Crippen LogP contribution < -0.4 is 5.32 Å². The van der Waals surface area contributed by atoms with Gasteiger partial charge in [-0.2, -0.15) is 0 Å². The Hall–Kier alpha value is -2.60. The summed E-state index contributed by atoms with van der Waals surface area (Å²) in [5.74, 6) is 0.314. The Morgan fingerprint density at radius 3 is 2.54 bits per heavy atom. The van der Waals surface area contributed by atoms with Crippen LogP contribution in [0.25, 0.3) is 0 Å². The summed E-state index contributed by atoms with van der Waals surface area (Å²) in [6.45, 7) is 5.69. The molecule has 2 heterocycles. The smallest absolute Gasteiger partial charge is 0.289 e. The van der Waals surface area contributed by atoms with Crippen LogP contribution in [0.15, 0.2) is 47.1 Å². The number of aryl methyl sites for hydroxylation is 1. The minimum Gasteiger partial charge on any atom is -0.459 e. The van der Waals surface area contributed by atoms with Gasteiger partial charge in [-0.25, -0.2) is 0 Å². The first kappa shape index (κ1) is 18.2. The van der Waals surface area contributed by atoms with E-state index >= 15 is 0 Å². The molecule has 1 saturated heterocycles. The molecule has 1 N–H and O–H groups in total. The van der Waals surface area contributed by atoms with Gasteiger partial charge in [0.05, 0.1) is 12.8 Å². The minimum atomic E-state index is -0.0858. The molecule has 0 spiro atoms. The van der Waals surface area contributed by atoms with E-state index in [-0.39, 0.29) is 11.8 Å². The number of rotatable bonds is 6. The van der Waals surface area contributed by atoms with E-state index in [1.54, 1.807) is 17.0 Å². The van der Waals surface area contributed by atoms with Crippen LogP contribution in [-0.2, 0) is 11.2 Å². The van der Waals surface area contributed by atoms with E-state index in [1.165, 1.54) is 17.4 Å². The molecule has 1 aliphatic heterocycles. The van der Waals surface area contributed by atoms with Crippen molar-refractivity contribution >= 4 is 11.8 Å². The van der Waals surface area contributed by atoms with Crippen LogP contribution in [0, 0.1) is 6.92 Å². The third-order valence-electron chi connectivity index (χ3n) is 4.74. The lowest BCUT2D eigenvalue weighted by atomic mass is 10.1. The molecule has 1 aromatic carbocycles. The third-order valence-corrected chi connectivity index (χ3v) is 4.74. The molecule has 1 aliphatic rings. The summed E-state index contributed by atoms with van der Waals surface area (Å²) < 4.78 is 5.16. The number of furan rings is 1. The van der Waals surface area contributed by atoms with Gasteiger partial charge < -0.3 is 14.6 Å². The summed E-state index contributed by atoms with van der Waals surface area (Å²) in [4.78, 5) is 28.2. The van der Waals surface area contributed by atoms with Crippen molar-refractivity contribution in [1.82, 2.24) is 15.1 Å². The number of hydrogen-bond donors (Lipinski definition) is 1. The maximum atomic E-state index is 12.2. The Kier molecular flexibility index (Phi) is 6.07. The number of nitrogens with one attached hydrogen (secondary N) is 1. The zero-order chi connectivity index (χ0) is 18.4. The van der Waals surface area contributed by atoms with Crippen molar-refractivity contribution in [2.45, 2.75) is 13.3 Å². The summed E-state index contributed by atoms with van der Waals surface area (Å²) in [5, 5.41) is 2.99.